The molecule has 0 unspecified atom stereocenters. The Morgan fingerprint density at radius 3 is 2.60 bits per heavy atom. The first kappa shape index (κ1) is 13.7. The van der Waals surface area contributed by atoms with Crippen LogP contribution in [0.1, 0.15) is 15.9 Å². The van der Waals surface area contributed by atoms with E-state index >= 15 is 0 Å². The van der Waals surface area contributed by atoms with Crippen LogP contribution in [0.3, 0.4) is 0 Å². The van der Waals surface area contributed by atoms with E-state index < -0.39 is 17.5 Å². The summed E-state index contributed by atoms with van der Waals surface area (Å²) in [6.07, 6.45) is 0. The molecule has 0 atom stereocenters. The summed E-state index contributed by atoms with van der Waals surface area (Å²) >= 11 is 0. The van der Waals surface area contributed by atoms with E-state index in [0.29, 0.717) is 11.3 Å². The molecule has 0 fully saturated rings. The molecule has 0 saturated heterocycles. The predicted octanol–water partition coefficient (Wildman–Crippen LogP) is 3.11. The molecular formula is C15H10F2N2O. The molecule has 20 heavy (non-hydrogen) atoms. The van der Waals surface area contributed by atoms with Crippen molar-refractivity contribution in [2.45, 2.75) is 0 Å². The van der Waals surface area contributed by atoms with E-state index in [1.54, 1.807) is 18.2 Å². The van der Waals surface area contributed by atoms with Crippen LogP contribution in [0.15, 0.2) is 42.5 Å². The molecule has 2 aromatic rings. The van der Waals surface area contributed by atoms with Crippen molar-refractivity contribution in [3.8, 4) is 6.07 Å². The van der Waals surface area contributed by atoms with Crippen LogP contribution >= 0.6 is 0 Å². The van der Waals surface area contributed by atoms with E-state index in [1.165, 1.54) is 30.1 Å². The minimum Gasteiger partial charge on any atom is -0.311 e. The van der Waals surface area contributed by atoms with Gasteiger partial charge in [-0.05, 0) is 30.3 Å². The van der Waals surface area contributed by atoms with E-state index in [2.05, 4.69) is 0 Å². The van der Waals surface area contributed by atoms with Gasteiger partial charge in [0.05, 0.1) is 17.2 Å². The lowest BCUT2D eigenvalue weighted by molar-refractivity contribution is 0.0988. The van der Waals surface area contributed by atoms with E-state index in [-0.39, 0.29) is 5.56 Å². The van der Waals surface area contributed by atoms with Crippen molar-refractivity contribution in [2.24, 2.45) is 0 Å². The van der Waals surface area contributed by atoms with E-state index in [1.807, 2.05) is 6.07 Å². The Balaban J connectivity index is 2.38. The second kappa shape index (κ2) is 5.49. The molecule has 3 nitrogen and oxygen atoms in total. The number of benzene rings is 2. The van der Waals surface area contributed by atoms with Gasteiger partial charge in [-0.2, -0.15) is 5.26 Å². The van der Waals surface area contributed by atoms with Gasteiger partial charge in [-0.25, -0.2) is 8.78 Å². The normalized spacial score (nSPS) is 9.90. The molecule has 2 aromatic carbocycles. The number of halogens is 2. The quantitative estimate of drug-likeness (QED) is 0.843. The zero-order valence-electron chi connectivity index (χ0n) is 10.6. The van der Waals surface area contributed by atoms with Gasteiger partial charge in [0.1, 0.15) is 0 Å². The SMILES string of the molecule is CN(C(=O)c1cccc(F)c1F)c1cccc(C#N)c1. The molecule has 0 radical (unpaired) electrons. The molecule has 0 N–H and O–H groups in total. The van der Waals surface area contributed by atoms with Crippen LogP contribution in [-0.2, 0) is 0 Å². The van der Waals surface area contributed by atoms with Gasteiger partial charge < -0.3 is 4.90 Å². The number of anilines is 1. The number of carbonyl (C=O) groups is 1. The van der Waals surface area contributed by atoms with Gasteiger partial charge in [0.15, 0.2) is 11.6 Å². The van der Waals surface area contributed by atoms with Crippen LogP contribution < -0.4 is 4.90 Å². The lowest BCUT2D eigenvalue weighted by Gasteiger charge is -2.18. The van der Waals surface area contributed by atoms with Crippen molar-refractivity contribution in [3.63, 3.8) is 0 Å². The van der Waals surface area contributed by atoms with Crippen molar-refractivity contribution >= 4 is 11.6 Å². The zero-order valence-corrected chi connectivity index (χ0v) is 10.6. The monoisotopic (exact) mass is 272 g/mol. The predicted molar refractivity (Wildman–Crippen MR) is 70.2 cm³/mol. The summed E-state index contributed by atoms with van der Waals surface area (Å²) in [5, 5.41) is 8.82. The molecule has 5 heteroatoms. The minimum atomic E-state index is -1.18. The molecule has 0 aliphatic rings. The number of rotatable bonds is 2. The highest BCUT2D eigenvalue weighted by atomic mass is 19.2. The van der Waals surface area contributed by atoms with Gasteiger partial charge in [0.25, 0.3) is 5.91 Å². The first-order valence-corrected chi connectivity index (χ1v) is 5.77. The number of hydrogen-bond acceptors (Lipinski definition) is 2. The van der Waals surface area contributed by atoms with Gasteiger partial charge in [-0.1, -0.05) is 12.1 Å². The van der Waals surface area contributed by atoms with Crippen molar-refractivity contribution in [1.29, 1.82) is 5.26 Å². The highest BCUT2D eigenvalue weighted by molar-refractivity contribution is 6.05. The Labute approximate surface area is 114 Å². The number of nitrogens with zero attached hydrogens (tertiary/aromatic N) is 2. The fraction of sp³-hybridized carbons (Fsp3) is 0.0667. The largest absolute Gasteiger partial charge is 0.311 e. The molecule has 0 aliphatic carbocycles. The van der Waals surface area contributed by atoms with Gasteiger partial charge in [-0.3, -0.25) is 4.79 Å². The molecule has 1 amide bonds. The molecule has 0 heterocycles. The highest BCUT2D eigenvalue weighted by Gasteiger charge is 2.19. The van der Waals surface area contributed by atoms with Crippen LogP contribution in [0.4, 0.5) is 14.5 Å². The third-order valence-corrected chi connectivity index (χ3v) is 2.85. The lowest BCUT2D eigenvalue weighted by Crippen LogP contribution is -2.27. The molecular weight excluding hydrogens is 262 g/mol. The van der Waals surface area contributed by atoms with Crippen LogP contribution in [0.2, 0.25) is 0 Å². The maximum absolute atomic E-state index is 13.6. The molecule has 0 spiro atoms. The molecule has 0 saturated carbocycles. The van der Waals surface area contributed by atoms with Gasteiger partial charge in [0, 0.05) is 12.7 Å². The third-order valence-electron chi connectivity index (χ3n) is 2.85. The molecule has 0 aliphatic heterocycles. The summed E-state index contributed by atoms with van der Waals surface area (Å²) in [4.78, 5) is 13.3. The molecule has 2 rings (SSSR count). The average Bonchev–Trinajstić information content (AvgIpc) is 2.48. The lowest BCUT2D eigenvalue weighted by atomic mass is 10.1. The molecule has 0 bridgehead atoms. The number of carbonyl (C=O) groups excluding carboxylic acids is 1. The Morgan fingerprint density at radius 2 is 1.90 bits per heavy atom. The Kier molecular flexibility index (Phi) is 3.76. The van der Waals surface area contributed by atoms with Gasteiger partial charge >= 0.3 is 0 Å². The fourth-order valence-electron chi connectivity index (χ4n) is 1.75. The summed E-state index contributed by atoms with van der Waals surface area (Å²) in [7, 11) is 1.43. The standard InChI is InChI=1S/C15H10F2N2O/c1-19(11-5-2-4-10(8-11)9-18)15(20)12-6-3-7-13(16)14(12)17/h2-8H,1H3. The van der Waals surface area contributed by atoms with Gasteiger partial charge in [0.2, 0.25) is 0 Å². The Bertz CT molecular complexity index is 707. The fourth-order valence-corrected chi connectivity index (χ4v) is 1.75. The van der Waals surface area contributed by atoms with E-state index in [0.717, 1.165) is 6.07 Å². The molecule has 100 valence electrons. The second-order valence-electron chi connectivity index (χ2n) is 4.13. The second-order valence-corrected chi connectivity index (χ2v) is 4.13. The van der Waals surface area contributed by atoms with E-state index in [4.69, 9.17) is 5.26 Å². The maximum atomic E-state index is 13.6. The summed E-state index contributed by atoms with van der Waals surface area (Å²) < 4.78 is 26.7. The van der Waals surface area contributed by atoms with Crippen molar-refractivity contribution in [1.82, 2.24) is 0 Å². The van der Waals surface area contributed by atoms with Crippen LogP contribution in [-0.4, -0.2) is 13.0 Å². The summed E-state index contributed by atoms with van der Waals surface area (Å²) in [6.45, 7) is 0. The highest BCUT2D eigenvalue weighted by Crippen LogP contribution is 2.19. The number of nitriles is 1. The average molecular weight is 272 g/mol. The Hall–Kier alpha value is -2.74. The number of amides is 1. The first-order valence-electron chi connectivity index (χ1n) is 5.77. The summed E-state index contributed by atoms with van der Waals surface area (Å²) in [6, 6.07) is 11.7. The third kappa shape index (κ3) is 2.50. The van der Waals surface area contributed by atoms with Crippen molar-refractivity contribution in [2.75, 3.05) is 11.9 Å². The van der Waals surface area contributed by atoms with Crippen LogP contribution in [0.5, 0.6) is 0 Å². The minimum absolute atomic E-state index is 0.352. The van der Waals surface area contributed by atoms with Crippen molar-refractivity contribution < 1.29 is 13.6 Å². The summed E-state index contributed by atoms with van der Waals surface area (Å²) in [5.41, 5.74) is 0.453. The van der Waals surface area contributed by atoms with Crippen molar-refractivity contribution in [3.05, 3.63) is 65.2 Å². The smallest absolute Gasteiger partial charge is 0.261 e. The topological polar surface area (TPSA) is 44.1 Å². The molecule has 0 aromatic heterocycles. The summed E-state index contributed by atoms with van der Waals surface area (Å²) in [5.74, 6) is -2.94. The van der Waals surface area contributed by atoms with Gasteiger partial charge in [-0.15, -0.1) is 0 Å². The first-order chi connectivity index (χ1) is 9.54. The van der Waals surface area contributed by atoms with Crippen LogP contribution in [0, 0.1) is 23.0 Å². The Morgan fingerprint density at radius 1 is 1.20 bits per heavy atom. The van der Waals surface area contributed by atoms with Crippen LogP contribution in [0.25, 0.3) is 0 Å². The maximum Gasteiger partial charge on any atom is 0.261 e. The zero-order chi connectivity index (χ0) is 14.7. The van der Waals surface area contributed by atoms with E-state index in [9.17, 15) is 13.6 Å². The number of hydrogen-bond donors (Lipinski definition) is 0.